The second-order valence-electron chi connectivity index (χ2n) is 9.21. The molecule has 2 aromatic rings. The van der Waals surface area contributed by atoms with Crippen molar-refractivity contribution in [3.8, 4) is 0 Å². The Labute approximate surface area is 213 Å². The van der Waals surface area contributed by atoms with E-state index in [4.69, 9.17) is 4.74 Å². The summed E-state index contributed by atoms with van der Waals surface area (Å²) in [6, 6.07) is 13.8. The molecule has 196 valence electrons. The van der Waals surface area contributed by atoms with Crippen molar-refractivity contribution >= 4 is 31.6 Å². The van der Waals surface area contributed by atoms with Crippen molar-refractivity contribution < 1.29 is 26.4 Å². The summed E-state index contributed by atoms with van der Waals surface area (Å²) in [5.41, 5.74) is 0.591. The van der Waals surface area contributed by atoms with E-state index in [-0.39, 0.29) is 35.0 Å². The summed E-state index contributed by atoms with van der Waals surface area (Å²) in [6.45, 7) is 0.485. The number of hydrogen-bond acceptors (Lipinski definition) is 6. The number of carbonyl (C=O) groups excluding carboxylic acids is 1. The van der Waals surface area contributed by atoms with Crippen LogP contribution in [0.4, 0.5) is 5.69 Å². The zero-order valence-corrected chi connectivity index (χ0v) is 21.8. The van der Waals surface area contributed by atoms with Gasteiger partial charge in [0, 0.05) is 24.9 Å². The molecule has 1 saturated carbocycles. The second kappa shape index (κ2) is 11.8. The summed E-state index contributed by atoms with van der Waals surface area (Å²) in [7, 11) is -7.85. The fraction of sp³-hybridized carbons (Fsp3) is 0.480. The van der Waals surface area contributed by atoms with Crippen LogP contribution in [0.15, 0.2) is 64.4 Å². The first kappa shape index (κ1) is 26.7. The van der Waals surface area contributed by atoms with Crippen LogP contribution in [0.5, 0.6) is 0 Å². The molecule has 4 rings (SSSR count). The summed E-state index contributed by atoms with van der Waals surface area (Å²) in [4.78, 5) is 12.7. The molecule has 0 aromatic heterocycles. The minimum Gasteiger partial charge on any atom is -0.377 e. The van der Waals surface area contributed by atoms with Crippen molar-refractivity contribution in [1.29, 1.82) is 0 Å². The summed E-state index contributed by atoms with van der Waals surface area (Å²) >= 11 is 0. The van der Waals surface area contributed by atoms with Gasteiger partial charge in [-0.15, -0.1) is 0 Å². The predicted octanol–water partition coefficient (Wildman–Crippen LogP) is 3.11. The summed E-state index contributed by atoms with van der Waals surface area (Å²) < 4.78 is 61.9. The second-order valence-corrected chi connectivity index (χ2v) is 12.9. The third kappa shape index (κ3) is 6.71. The Bertz CT molecular complexity index is 1220. The SMILES string of the molecule is O=C(CN(C1CCCCC1)S(=O)(=O)c1ccc(S(=O)(=O)NC[C@H]2CCCO2)cc1)Nc1ccccc1. The number of benzene rings is 2. The first-order chi connectivity index (χ1) is 17.3. The molecule has 2 aromatic carbocycles. The minimum absolute atomic E-state index is 0.0227. The molecule has 1 amide bonds. The van der Waals surface area contributed by atoms with Crippen molar-refractivity contribution in [2.24, 2.45) is 0 Å². The highest BCUT2D eigenvalue weighted by molar-refractivity contribution is 7.89. The number of nitrogens with one attached hydrogen (secondary N) is 2. The lowest BCUT2D eigenvalue weighted by atomic mass is 9.95. The molecule has 2 N–H and O–H groups in total. The topological polar surface area (TPSA) is 122 Å². The molecular formula is C25H33N3O6S2. The first-order valence-corrected chi connectivity index (χ1v) is 15.3. The summed E-state index contributed by atoms with van der Waals surface area (Å²) in [5, 5.41) is 2.76. The lowest BCUT2D eigenvalue weighted by Gasteiger charge is -2.33. The van der Waals surface area contributed by atoms with Gasteiger partial charge in [0.05, 0.1) is 22.4 Å². The molecule has 1 heterocycles. The van der Waals surface area contributed by atoms with Crippen molar-refractivity contribution in [3.63, 3.8) is 0 Å². The molecular weight excluding hydrogens is 502 g/mol. The van der Waals surface area contributed by atoms with Crippen LogP contribution in [-0.4, -0.2) is 58.9 Å². The third-order valence-electron chi connectivity index (χ3n) is 6.60. The van der Waals surface area contributed by atoms with E-state index in [9.17, 15) is 21.6 Å². The summed E-state index contributed by atoms with van der Waals surface area (Å²) in [6.07, 6.45) is 5.73. The molecule has 1 aliphatic heterocycles. The molecule has 0 bridgehead atoms. The van der Waals surface area contributed by atoms with Gasteiger partial charge in [-0.3, -0.25) is 4.79 Å². The number of rotatable bonds is 10. The van der Waals surface area contributed by atoms with Gasteiger partial charge in [0.25, 0.3) is 0 Å². The fourth-order valence-corrected chi connectivity index (χ4v) is 7.37. The van der Waals surface area contributed by atoms with Crippen LogP contribution < -0.4 is 10.0 Å². The highest BCUT2D eigenvalue weighted by Gasteiger charge is 2.34. The van der Waals surface area contributed by atoms with Crippen LogP contribution in [0, 0.1) is 0 Å². The Kier molecular flexibility index (Phi) is 8.78. The van der Waals surface area contributed by atoms with Gasteiger partial charge >= 0.3 is 0 Å². The third-order valence-corrected chi connectivity index (χ3v) is 9.96. The van der Waals surface area contributed by atoms with E-state index in [0.717, 1.165) is 32.1 Å². The van der Waals surface area contributed by atoms with E-state index in [1.165, 1.54) is 28.6 Å². The lowest BCUT2D eigenvalue weighted by molar-refractivity contribution is -0.116. The Hall–Kier alpha value is -2.31. The average Bonchev–Trinajstić information content (AvgIpc) is 3.41. The quantitative estimate of drug-likeness (QED) is 0.482. The molecule has 36 heavy (non-hydrogen) atoms. The van der Waals surface area contributed by atoms with Gasteiger partial charge < -0.3 is 10.1 Å². The smallest absolute Gasteiger partial charge is 0.243 e. The first-order valence-electron chi connectivity index (χ1n) is 12.3. The Morgan fingerprint density at radius 2 is 1.53 bits per heavy atom. The van der Waals surface area contributed by atoms with Crippen LogP contribution in [0.3, 0.4) is 0 Å². The van der Waals surface area contributed by atoms with Crippen LogP contribution in [0.25, 0.3) is 0 Å². The number of anilines is 1. The molecule has 1 atom stereocenters. The number of hydrogen-bond donors (Lipinski definition) is 2. The molecule has 1 saturated heterocycles. The van der Waals surface area contributed by atoms with E-state index in [1.54, 1.807) is 24.3 Å². The van der Waals surface area contributed by atoms with Crippen molar-refractivity contribution in [1.82, 2.24) is 9.03 Å². The molecule has 0 radical (unpaired) electrons. The molecule has 2 fully saturated rings. The van der Waals surface area contributed by atoms with E-state index in [0.29, 0.717) is 25.1 Å². The van der Waals surface area contributed by atoms with Gasteiger partial charge in [-0.05, 0) is 62.1 Å². The minimum atomic E-state index is -4.04. The maximum atomic E-state index is 13.6. The monoisotopic (exact) mass is 535 g/mol. The number of amides is 1. The zero-order valence-electron chi connectivity index (χ0n) is 20.1. The average molecular weight is 536 g/mol. The van der Waals surface area contributed by atoms with Crippen LogP contribution in [0.2, 0.25) is 0 Å². The zero-order chi connectivity index (χ0) is 25.6. The van der Waals surface area contributed by atoms with Crippen LogP contribution in [0.1, 0.15) is 44.9 Å². The van der Waals surface area contributed by atoms with Gasteiger partial charge in [-0.1, -0.05) is 37.5 Å². The molecule has 1 aliphatic carbocycles. The highest BCUT2D eigenvalue weighted by atomic mass is 32.2. The number of ether oxygens (including phenoxy) is 1. The molecule has 2 aliphatic rings. The van der Waals surface area contributed by atoms with Crippen LogP contribution >= 0.6 is 0 Å². The standard InChI is InChI=1S/C25H33N3O6S2/c29-25(27-20-8-3-1-4-9-20)19-28(21-10-5-2-6-11-21)36(32,33)24-15-13-23(14-16-24)35(30,31)26-18-22-12-7-17-34-22/h1,3-4,8-9,13-16,21-22,26H,2,5-7,10-12,17-19H2,(H,27,29)/t22-/m1/s1. The van der Waals surface area contributed by atoms with Gasteiger partial charge in [-0.2, -0.15) is 4.31 Å². The number of carbonyl (C=O) groups is 1. The van der Waals surface area contributed by atoms with Gasteiger partial charge in [0.15, 0.2) is 0 Å². The maximum absolute atomic E-state index is 13.6. The number of para-hydroxylation sites is 1. The summed E-state index contributed by atoms with van der Waals surface area (Å²) in [5.74, 6) is -0.423. The largest absolute Gasteiger partial charge is 0.377 e. The fourth-order valence-electron chi connectivity index (χ4n) is 4.66. The molecule has 0 spiro atoms. The van der Waals surface area contributed by atoms with E-state index in [1.807, 2.05) is 6.07 Å². The van der Waals surface area contributed by atoms with E-state index < -0.39 is 26.0 Å². The van der Waals surface area contributed by atoms with Gasteiger partial charge in [0.2, 0.25) is 26.0 Å². The van der Waals surface area contributed by atoms with Gasteiger partial charge in [0.1, 0.15) is 0 Å². The molecule has 0 unspecified atom stereocenters. The van der Waals surface area contributed by atoms with Crippen molar-refractivity contribution in [2.75, 3.05) is 25.0 Å². The Balaban J connectivity index is 1.51. The highest BCUT2D eigenvalue weighted by Crippen LogP contribution is 2.28. The normalized spacial score (nSPS) is 19.4. The maximum Gasteiger partial charge on any atom is 0.243 e. The number of sulfonamides is 2. The molecule has 11 heteroatoms. The Morgan fingerprint density at radius 3 is 2.17 bits per heavy atom. The van der Waals surface area contributed by atoms with Crippen LogP contribution in [-0.2, 0) is 29.6 Å². The van der Waals surface area contributed by atoms with E-state index >= 15 is 0 Å². The molecule has 9 nitrogen and oxygen atoms in total. The Morgan fingerprint density at radius 1 is 0.861 bits per heavy atom. The number of nitrogens with zero attached hydrogens (tertiary/aromatic N) is 1. The van der Waals surface area contributed by atoms with Gasteiger partial charge in [-0.25, -0.2) is 21.6 Å². The van der Waals surface area contributed by atoms with E-state index in [2.05, 4.69) is 10.0 Å². The van der Waals surface area contributed by atoms with Crippen molar-refractivity contribution in [3.05, 3.63) is 54.6 Å². The lowest BCUT2D eigenvalue weighted by Crippen LogP contribution is -2.45. The predicted molar refractivity (Wildman–Crippen MR) is 136 cm³/mol. The van der Waals surface area contributed by atoms with Crippen molar-refractivity contribution in [2.45, 2.75) is 66.9 Å².